The first-order chi connectivity index (χ1) is 17.0. The molecule has 178 valence electrons. The highest BCUT2D eigenvalue weighted by Crippen LogP contribution is 2.38. The number of anilines is 1. The third kappa shape index (κ3) is 5.79. The van der Waals surface area contributed by atoms with E-state index in [1.807, 2.05) is 56.5 Å². The summed E-state index contributed by atoms with van der Waals surface area (Å²) in [6, 6.07) is 21.7. The van der Waals surface area contributed by atoms with Crippen LogP contribution in [0.5, 0.6) is 11.5 Å². The Morgan fingerprint density at radius 3 is 2.49 bits per heavy atom. The Labute approximate surface area is 208 Å². The highest BCUT2D eigenvalue weighted by molar-refractivity contribution is 7.10. The van der Waals surface area contributed by atoms with E-state index in [0.29, 0.717) is 28.5 Å². The van der Waals surface area contributed by atoms with E-state index in [0.717, 1.165) is 16.9 Å². The molecule has 1 heterocycles. The van der Waals surface area contributed by atoms with Gasteiger partial charge < -0.3 is 14.8 Å². The van der Waals surface area contributed by atoms with Gasteiger partial charge in [-0.25, -0.2) is 9.37 Å². The van der Waals surface area contributed by atoms with Gasteiger partial charge in [0, 0.05) is 28.3 Å². The monoisotopic (exact) mass is 487 g/mol. The van der Waals surface area contributed by atoms with E-state index in [1.165, 1.54) is 11.3 Å². The fourth-order valence-electron chi connectivity index (χ4n) is 3.63. The van der Waals surface area contributed by atoms with Crippen LogP contribution in [0.15, 0.2) is 72.1 Å². The van der Waals surface area contributed by atoms with Crippen molar-refractivity contribution >= 4 is 17.0 Å². The predicted molar refractivity (Wildman–Crippen MR) is 138 cm³/mol. The summed E-state index contributed by atoms with van der Waals surface area (Å²) in [5, 5.41) is 15.2. The topological polar surface area (TPSA) is 67.2 Å². The van der Waals surface area contributed by atoms with Crippen LogP contribution in [0.4, 0.5) is 10.1 Å². The molecule has 1 unspecified atom stereocenters. The molecule has 0 aliphatic rings. The molecule has 3 aromatic carbocycles. The maximum Gasteiger partial charge on any atom is 0.171 e. The number of benzene rings is 3. The Kier molecular flexibility index (Phi) is 7.64. The molecule has 0 fully saturated rings. The van der Waals surface area contributed by atoms with Gasteiger partial charge in [0.25, 0.3) is 0 Å². The van der Waals surface area contributed by atoms with Crippen LogP contribution >= 0.6 is 11.3 Å². The molecule has 0 saturated carbocycles. The van der Waals surface area contributed by atoms with E-state index in [1.54, 1.807) is 36.4 Å². The van der Waals surface area contributed by atoms with Gasteiger partial charge in [-0.2, -0.15) is 5.26 Å². The fourth-order valence-corrected chi connectivity index (χ4v) is 4.53. The second-order valence-electron chi connectivity index (χ2n) is 8.13. The molecule has 0 bridgehead atoms. The van der Waals surface area contributed by atoms with Gasteiger partial charge in [0.1, 0.15) is 16.8 Å². The molecule has 0 aliphatic carbocycles. The Balaban J connectivity index is 1.82. The van der Waals surface area contributed by atoms with Crippen LogP contribution in [0.3, 0.4) is 0 Å². The third-order valence-corrected chi connectivity index (χ3v) is 6.10. The number of nitrogens with one attached hydrogen (secondary N) is 1. The first-order valence-corrected chi connectivity index (χ1v) is 12.3. The number of nitriles is 1. The minimum atomic E-state index is -0.611. The first kappa shape index (κ1) is 24.2. The van der Waals surface area contributed by atoms with Gasteiger partial charge in [-0.3, -0.25) is 0 Å². The van der Waals surface area contributed by atoms with Crippen molar-refractivity contribution < 1.29 is 13.9 Å². The molecule has 5 nitrogen and oxygen atoms in total. The number of ether oxygens (including phenoxy) is 2. The summed E-state index contributed by atoms with van der Waals surface area (Å²) >= 11 is 1.45. The molecule has 0 radical (unpaired) electrons. The standard InChI is InChI=1S/C28H26FN3O2S/c1-4-33-22-14-23(26(29)25(15-22)34-18(2)3)27(31-21-12-10-19(16-30)11-13-21)28-32-24(17-35-28)20-8-6-5-7-9-20/h5-15,17-18,27,31H,4H2,1-3H3. The molecule has 0 spiro atoms. The van der Waals surface area contributed by atoms with Gasteiger partial charge in [0.2, 0.25) is 0 Å². The van der Waals surface area contributed by atoms with Crippen molar-refractivity contribution in [3.8, 4) is 28.8 Å². The molecule has 4 rings (SSSR count). The van der Waals surface area contributed by atoms with E-state index in [-0.39, 0.29) is 11.9 Å². The first-order valence-electron chi connectivity index (χ1n) is 11.4. The lowest BCUT2D eigenvalue weighted by molar-refractivity contribution is 0.228. The zero-order chi connectivity index (χ0) is 24.8. The van der Waals surface area contributed by atoms with Crippen molar-refractivity contribution in [3.63, 3.8) is 0 Å². The summed E-state index contributed by atoms with van der Waals surface area (Å²) in [7, 11) is 0. The number of halogens is 1. The van der Waals surface area contributed by atoms with E-state index in [9.17, 15) is 0 Å². The predicted octanol–water partition coefficient (Wildman–Crippen LogP) is 7.21. The molecular formula is C28H26FN3O2S. The minimum Gasteiger partial charge on any atom is -0.494 e. The molecule has 1 aromatic heterocycles. The summed E-state index contributed by atoms with van der Waals surface area (Å²) in [4.78, 5) is 4.85. The largest absolute Gasteiger partial charge is 0.494 e. The normalized spacial score (nSPS) is 11.7. The lowest BCUT2D eigenvalue weighted by atomic mass is 10.0. The van der Waals surface area contributed by atoms with Gasteiger partial charge in [0.15, 0.2) is 11.6 Å². The average molecular weight is 488 g/mol. The van der Waals surface area contributed by atoms with E-state index in [2.05, 4.69) is 11.4 Å². The van der Waals surface area contributed by atoms with Crippen LogP contribution in [0, 0.1) is 17.1 Å². The van der Waals surface area contributed by atoms with Crippen molar-refractivity contribution in [2.45, 2.75) is 32.9 Å². The lowest BCUT2D eigenvalue weighted by Crippen LogP contribution is -2.16. The maximum absolute atomic E-state index is 15.9. The number of aromatic nitrogens is 1. The van der Waals surface area contributed by atoms with E-state index < -0.39 is 11.9 Å². The van der Waals surface area contributed by atoms with Gasteiger partial charge in [-0.15, -0.1) is 11.3 Å². The summed E-state index contributed by atoms with van der Waals surface area (Å²) in [5.41, 5.74) is 3.45. The second kappa shape index (κ2) is 11.0. The molecule has 0 amide bonds. The van der Waals surface area contributed by atoms with Crippen LogP contribution in [0.25, 0.3) is 11.3 Å². The van der Waals surface area contributed by atoms with Crippen molar-refractivity contribution in [2.24, 2.45) is 0 Å². The fraction of sp³-hybridized carbons (Fsp3) is 0.214. The quantitative estimate of drug-likeness (QED) is 0.270. The Morgan fingerprint density at radius 1 is 1.09 bits per heavy atom. The number of hydrogen-bond donors (Lipinski definition) is 1. The van der Waals surface area contributed by atoms with Crippen molar-refractivity contribution in [1.29, 1.82) is 5.26 Å². The van der Waals surface area contributed by atoms with Crippen LogP contribution in [0.1, 0.15) is 42.9 Å². The Bertz CT molecular complexity index is 1310. The van der Waals surface area contributed by atoms with E-state index >= 15 is 4.39 Å². The second-order valence-corrected chi connectivity index (χ2v) is 9.02. The summed E-state index contributed by atoms with van der Waals surface area (Å²) in [6.07, 6.45) is -0.205. The van der Waals surface area contributed by atoms with Gasteiger partial charge in [-0.1, -0.05) is 30.3 Å². The molecule has 7 heteroatoms. The number of rotatable bonds is 9. The molecular weight excluding hydrogens is 461 g/mol. The zero-order valence-corrected chi connectivity index (χ0v) is 20.6. The molecule has 1 atom stereocenters. The smallest absolute Gasteiger partial charge is 0.171 e. The highest BCUT2D eigenvalue weighted by Gasteiger charge is 2.26. The van der Waals surface area contributed by atoms with Crippen LogP contribution in [-0.2, 0) is 0 Å². The zero-order valence-electron chi connectivity index (χ0n) is 19.8. The third-order valence-electron chi connectivity index (χ3n) is 5.19. The van der Waals surface area contributed by atoms with Crippen molar-refractivity contribution in [2.75, 3.05) is 11.9 Å². The maximum atomic E-state index is 15.9. The lowest BCUT2D eigenvalue weighted by Gasteiger charge is -2.22. The van der Waals surface area contributed by atoms with Crippen molar-refractivity contribution in [1.82, 2.24) is 4.98 Å². The molecule has 0 saturated heterocycles. The summed E-state index contributed by atoms with van der Waals surface area (Å²) in [5.74, 6) is 0.184. The minimum absolute atomic E-state index is 0.132. The average Bonchev–Trinajstić information content (AvgIpc) is 3.35. The molecule has 35 heavy (non-hydrogen) atoms. The highest BCUT2D eigenvalue weighted by atomic mass is 32.1. The van der Waals surface area contributed by atoms with Crippen LogP contribution in [0.2, 0.25) is 0 Å². The Morgan fingerprint density at radius 2 is 1.83 bits per heavy atom. The number of thiazole rings is 1. The van der Waals surface area contributed by atoms with Crippen LogP contribution in [-0.4, -0.2) is 17.7 Å². The number of hydrogen-bond acceptors (Lipinski definition) is 6. The van der Waals surface area contributed by atoms with Gasteiger partial charge in [-0.05, 0) is 51.1 Å². The molecule has 4 aromatic rings. The SMILES string of the molecule is CCOc1cc(OC(C)C)c(F)c(C(Nc2ccc(C#N)cc2)c2nc(-c3ccccc3)cs2)c1. The number of nitrogens with zero attached hydrogens (tertiary/aromatic N) is 2. The van der Waals surface area contributed by atoms with Gasteiger partial charge >= 0.3 is 0 Å². The summed E-state index contributed by atoms with van der Waals surface area (Å²) < 4.78 is 27.4. The van der Waals surface area contributed by atoms with Gasteiger partial charge in [0.05, 0.1) is 30.0 Å². The molecule has 1 N–H and O–H groups in total. The van der Waals surface area contributed by atoms with Crippen molar-refractivity contribution in [3.05, 3.63) is 94.1 Å². The Hall–Kier alpha value is -3.89. The summed E-state index contributed by atoms with van der Waals surface area (Å²) in [6.45, 7) is 6.03. The van der Waals surface area contributed by atoms with E-state index in [4.69, 9.17) is 19.7 Å². The molecule has 0 aliphatic heterocycles. The van der Waals surface area contributed by atoms with Crippen LogP contribution < -0.4 is 14.8 Å².